The highest BCUT2D eigenvalue weighted by Crippen LogP contribution is 2.16. The van der Waals surface area contributed by atoms with E-state index in [2.05, 4.69) is 47.1 Å². The largest absolute Gasteiger partial charge is 0.308 e. The maximum Gasteiger partial charge on any atom is 0.0534 e. The Morgan fingerprint density at radius 1 is 1.41 bits per heavy atom. The van der Waals surface area contributed by atoms with Gasteiger partial charge in [0.15, 0.2) is 0 Å². The van der Waals surface area contributed by atoms with Gasteiger partial charge in [0.2, 0.25) is 0 Å². The molecule has 1 saturated heterocycles. The molecule has 0 aliphatic carbocycles. The second-order valence-electron chi connectivity index (χ2n) is 4.34. The third-order valence-corrected chi connectivity index (χ3v) is 5.26. The fourth-order valence-corrected chi connectivity index (χ4v) is 4.31. The van der Waals surface area contributed by atoms with E-state index in [1.165, 1.54) is 28.6 Å². The zero-order chi connectivity index (χ0) is 11.9. The number of rotatable bonds is 5. The Morgan fingerprint density at radius 3 is 2.88 bits per heavy atom. The number of aryl methyl sites for hydroxylation is 1. The summed E-state index contributed by atoms with van der Waals surface area (Å²) in [7, 11) is 0. The first kappa shape index (κ1) is 13.3. The van der Waals surface area contributed by atoms with Gasteiger partial charge in [-0.25, -0.2) is 0 Å². The number of nitrogens with zero attached hydrogens (tertiary/aromatic N) is 2. The summed E-state index contributed by atoms with van der Waals surface area (Å²) in [6.45, 7) is 4.16. The fraction of sp³-hybridized carbons (Fsp3) is 0.750. The van der Waals surface area contributed by atoms with Gasteiger partial charge in [-0.05, 0) is 6.42 Å². The molecule has 1 N–H and O–H groups in total. The summed E-state index contributed by atoms with van der Waals surface area (Å²) in [4.78, 5) is 0. The molecular weight excluding hydrogens is 250 g/mol. The summed E-state index contributed by atoms with van der Waals surface area (Å²) in [5.74, 6) is 5.10. The lowest BCUT2D eigenvalue weighted by molar-refractivity contribution is 0.593. The van der Waals surface area contributed by atoms with Crippen LogP contribution in [-0.2, 0) is 13.1 Å². The first-order valence-corrected chi connectivity index (χ1v) is 8.59. The van der Waals surface area contributed by atoms with Crippen LogP contribution in [0.25, 0.3) is 0 Å². The summed E-state index contributed by atoms with van der Waals surface area (Å²) in [5, 5.41) is 7.99. The Kier molecular flexibility index (Phi) is 5.74. The first-order chi connectivity index (χ1) is 8.38. The van der Waals surface area contributed by atoms with Crippen molar-refractivity contribution in [3.63, 3.8) is 0 Å². The Bertz CT molecular complexity index is 319. The van der Waals surface area contributed by atoms with Crippen molar-refractivity contribution in [1.29, 1.82) is 0 Å². The SMILES string of the molecule is CCCn1cc(CNC2CSCCSC2)cn1. The van der Waals surface area contributed by atoms with Gasteiger partial charge >= 0.3 is 0 Å². The minimum atomic E-state index is 0.655. The third kappa shape index (κ3) is 4.56. The van der Waals surface area contributed by atoms with Crippen LogP contribution in [0.1, 0.15) is 18.9 Å². The average Bonchev–Trinajstić information content (AvgIpc) is 2.63. The maximum atomic E-state index is 4.35. The number of nitrogens with one attached hydrogen (secondary N) is 1. The van der Waals surface area contributed by atoms with Gasteiger partial charge in [0.05, 0.1) is 6.20 Å². The van der Waals surface area contributed by atoms with Gasteiger partial charge in [-0.15, -0.1) is 0 Å². The molecule has 1 aromatic heterocycles. The molecule has 0 spiro atoms. The summed E-state index contributed by atoms with van der Waals surface area (Å²) < 4.78 is 2.04. The molecule has 1 aliphatic rings. The van der Waals surface area contributed by atoms with Crippen LogP contribution in [0, 0.1) is 0 Å². The van der Waals surface area contributed by atoms with E-state index in [0.717, 1.165) is 19.5 Å². The lowest BCUT2D eigenvalue weighted by atomic mass is 10.3. The maximum absolute atomic E-state index is 4.35. The molecule has 0 bridgehead atoms. The second kappa shape index (κ2) is 7.34. The minimum Gasteiger partial charge on any atom is -0.308 e. The molecule has 3 nitrogen and oxygen atoms in total. The second-order valence-corrected chi connectivity index (χ2v) is 6.64. The lowest BCUT2D eigenvalue weighted by Crippen LogP contribution is -2.32. The van der Waals surface area contributed by atoms with Crippen LogP contribution in [0.3, 0.4) is 0 Å². The van der Waals surface area contributed by atoms with Gasteiger partial charge in [0.1, 0.15) is 0 Å². The molecule has 5 heteroatoms. The lowest BCUT2D eigenvalue weighted by Gasteiger charge is -2.14. The zero-order valence-electron chi connectivity index (χ0n) is 10.4. The molecule has 1 fully saturated rings. The number of hydrogen-bond acceptors (Lipinski definition) is 4. The third-order valence-electron chi connectivity index (χ3n) is 2.74. The molecule has 2 heterocycles. The molecular formula is C12H21N3S2. The molecule has 2 rings (SSSR count). The van der Waals surface area contributed by atoms with Crippen molar-refractivity contribution in [2.45, 2.75) is 32.5 Å². The quantitative estimate of drug-likeness (QED) is 0.889. The molecule has 0 aromatic carbocycles. The molecule has 0 saturated carbocycles. The van der Waals surface area contributed by atoms with Crippen molar-refractivity contribution in [3.05, 3.63) is 18.0 Å². The molecule has 1 aliphatic heterocycles. The monoisotopic (exact) mass is 271 g/mol. The van der Waals surface area contributed by atoms with E-state index in [0.29, 0.717) is 6.04 Å². The average molecular weight is 271 g/mol. The van der Waals surface area contributed by atoms with Crippen LogP contribution in [0.15, 0.2) is 12.4 Å². The summed E-state index contributed by atoms with van der Waals surface area (Å²) in [5.41, 5.74) is 1.30. The highest BCUT2D eigenvalue weighted by Gasteiger charge is 2.12. The van der Waals surface area contributed by atoms with Gasteiger partial charge in [0.25, 0.3) is 0 Å². The Balaban J connectivity index is 1.75. The predicted octanol–water partition coefficient (Wildman–Crippen LogP) is 2.23. The molecule has 17 heavy (non-hydrogen) atoms. The van der Waals surface area contributed by atoms with Gasteiger partial charge in [-0.1, -0.05) is 6.92 Å². The van der Waals surface area contributed by atoms with Crippen molar-refractivity contribution in [1.82, 2.24) is 15.1 Å². The zero-order valence-corrected chi connectivity index (χ0v) is 12.0. The summed E-state index contributed by atoms with van der Waals surface area (Å²) in [6, 6.07) is 0.655. The summed E-state index contributed by atoms with van der Waals surface area (Å²) >= 11 is 4.14. The van der Waals surface area contributed by atoms with Crippen molar-refractivity contribution < 1.29 is 0 Å². The van der Waals surface area contributed by atoms with Crippen molar-refractivity contribution in [2.75, 3.05) is 23.0 Å². The Labute approximate surface area is 112 Å². The number of thioether (sulfide) groups is 2. The summed E-state index contributed by atoms with van der Waals surface area (Å²) in [6.07, 6.45) is 5.29. The van der Waals surface area contributed by atoms with Crippen molar-refractivity contribution in [2.24, 2.45) is 0 Å². The van der Waals surface area contributed by atoms with Crippen molar-refractivity contribution in [3.8, 4) is 0 Å². The van der Waals surface area contributed by atoms with Crippen LogP contribution >= 0.6 is 23.5 Å². The van der Waals surface area contributed by atoms with Gasteiger partial charge < -0.3 is 5.32 Å². The van der Waals surface area contributed by atoms with E-state index in [4.69, 9.17) is 0 Å². The number of hydrogen-bond donors (Lipinski definition) is 1. The minimum absolute atomic E-state index is 0.655. The topological polar surface area (TPSA) is 29.9 Å². The molecule has 0 amide bonds. The normalized spacial score (nSPS) is 18.2. The van der Waals surface area contributed by atoms with Crippen LogP contribution in [-0.4, -0.2) is 38.8 Å². The van der Waals surface area contributed by atoms with E-state index < -0.39 is 0 Å². The standard InChI is InChI=1S/C12H21N3S2/c1-2-3-15-8-11(7-14-15)6-13-12-9-16-4-5-17-10-12/h7-8,12-13H,2-6,9-10H2,1H3. The van der Waals surface area contributed by atoms with Crippen LogP contribution < -0.4 is 5.32 Å². The molecule has 1 aromatic rings. The highest BCUT2D eigenvalue weighted by molar-refractivity contribution is 8.03. The van der Waals surface area contributed by atoms with Crippen LogP contribution in [0.2, 0.25) is 0 Å². The molecule has 0 radical (unpaired) electrons. The molecule has 0 atom stereocenters. The Hall–Kier alpha value is -0.130. The van der Waals surface area contributed by atoms with Crippen molar-refractivity contribution >= 4 is 23.5 Å². The van der Waals surface area contributed by atoms with Gasteiger partial charge in [-0.3, -0.25) is 4.68 Å². The molecule has 0 unspecified atom stereocenters. The first-order valence-electron chi connectivity index (χ1n) is 6.28. The fourth-order valence-electron chi connectivity index (χ4n) is 1.85. The highest BCUT2D eigenvalue weighted by atomic mass is 32.2. The van der Waals surface area contributed by atoms with E-state index in [1.54, 1.807) is 0 Å². The predicted molar refractivity (Wildman–Crippen MR) is 77.8 cm³/mol. The van der Waals surface area contributed by atoms with E-state index >= 15 is 0 Å². The van der Waals surface area contributed by atoms with Gasteiger partial charge in [0, 0.05) is 53.9 Å². The van der Waals surface area contributed by atoms with E-state index in [1.807, 2.05) is 10.9 Å². The van der Waals surface area contributed by atoms with Crippen LogP contribution in [0.4, 0.5) is 0 Å². The van der Waals surface area contributed by atoms with E-state index in [-0.39, 0.29) is 0 Å². The number of aromatic nitrogens is 2. The van der Waals surface area contributed by atoms with Gasteiger partial charge in [-0.2, -0.15) is 28.6 Å². The molecule has 96 valence electrons. The smallest absolute Gasteiger partial charge is 0.0534 e. The van der Waals surface area contributed by atoms with E-state index in [9.17, 15) is 0 Å². The van der Waals surface area contributed by atoms with Crippen LogP contribution in [0.5, 0.6) is 0 Å². The Morgan fingerprint density at radius 2 is 2.18 bits per heavy atom.